The second kappa shape index (κ2) is 22.9. The normalized spacial score (nSPS) is 14.1. The van der Waals surface area contributed by atoms with E-state index in [9.17, 15) is 29.6 Å². The molecule has 1 aromatic carbocycles. The molecule has 0 fully saturated rings. The van der Waals surface area contributed by atoms with Crippen molar-refractivity contribution in [1.29, 1.82) is 0 Å². The van der Waals surface area contributed by atoms with E-state index >= 15 is 0 Å². The first-order valence-corrected chi connectivity index (χ1v) is 17.6. The SMILES string of the molecule is COCCCOc1cc(CC(CC(NC(=O)CCCCCO[N+](=O)[O-])C(O)CC(C(=O)NCC(C)(C)C(N)=O)C(C)C)C(C)C)ccc1OC. The molecule has 0 heterocycles. The van der Waals surface area contributed by atoms with Gasteiger partial charge in [-0.2, -0.15) is 0 Å². The van der Waals surface area contributed by atoms with Gasteiger partial charge in [0, 0.05) is 39.0 Å². The largest absolute Gasteiger partial charge is 0.493 e. The van der Waals surface area contributed by atoms with E-state index in [1.807, 2.05) is 32.0 Å². The standard InChI is InChI=1S/C36H62N4O10/c1-24(2)27(19-26-14-15-31(48-8)32(20-26)49-17-12-16-47-7)21-29(39-33(42)13-10-9-11-18-50-40(45)46)30(41)22-28(25(3)4)34(43)38-23-36(5,6)35(37)44/h14-15,20,24-25,27-30,41H,9-13,16-19,21-23H2,1-8H3,(H2,37,44)(H,38,43)(H,39,42). The highest BCUT2D eigenvalue weighted by Gasteiger charge is 2.33. The van der Waals surface area contributed by atoms with Crippen molar-refractivity contribution in [3.8, 4) is 11.5 Å². The number of carbonyl (C=O) groups is 3. The molecule has 0 bridgehead atoms. The summed E-state index contributed by atoms with van der Waals surface area (Å²) in [6.07, 6.45) is 2.52. The number of aliphatic hydroxyl groups is 1. The highest BCUT2D eigenvalue weighted by Crippen LogP contribution is 2.32. The Morgan fingerprint density at radius 3 is 2.24 bits per heavy atom. The zero-order chi connectivity index (χ0) is 37.9. The van der Waals surface area contributed by atoms with E-state index in [1.54, 1.807) is 28.1 Å². The minimum absolute atomic E-state index is 0.0339. The Labute approximate surface area is 297 Å². The van der Waals surface area contributed by atoms with Gasteiger partial charge in [-0.1, -0.05) is 40.2 Å². The Hall–Kier alpha value is -3.65. The number of aliphatic hydroxyl groups excluding tert-OH is 1. The summed E-state index contributed by atoms with van der Waals surface area (Å²) < 4.78 is 16.6. The van der Waals surface area contributed by atoms with Crippen LogP contribution in [-0.4, -0.2) is 80.6 Å². The van der Waals surface area contributed by atoms with Crippen LogP contribution in [0.1, 0.15) is 92.1 Å². The van der Waals surface area contributed by atoms with Crippen LogP contribution in [0.2, 0.25) is 0 Å². The van der Waals surface area contributed by atoms with Crippen LogP contribution in [0.15, 0.2) is 18.2 Å². The number of rotatable bonds is 27. The topological polar surface area (TPSA) is 202 Å². The molecule has 14 nitrogen and oxygen atoms in total. The molecule has 0 saturated heterocycles. The fourth-order valence-corrected chi connectivity index (χ4v) is 5.49. The average Bonchev–Trinajstić information content (AvgIpc) is 3.04. The summed E-state index contributed by atoms with van der Waals surface area (Å²) in [5, 5.41) is 27.1. The smallest absolute Gasteiger partial charge is 0.294 e. The molecular weight excluding hydrogens is 648 g/mol. The number of nitrogens with zero attached hydrogens (tertiary/aromatic N) is 1. The first-order valence-electron chi connectivity index (χ1n) is 17.6. The van der Waals surface area contributed by atoms with Gasteiger partial charge in [0.25, 0.3) is 5.09 Å². The number of unbranched alkanes of at least 4 members (excludes halogenated alkanes) is 2. The molecule has 3 amide bonds. The molecule has 5 N–H and O–H groups in total. The van der Waals surface area contributed by atoms with Crippen LogP contribution in [-0.2, 0) is 30.4 Å². The van der Waals surface area contributed by atoms with E-state index in [0.29, 0.717) is 56.8 Å². The Morgan fingerprint density at radius 2 is 1.66 bits per heavy atom. The van der Waals surface area contributed by atoms with Gasteiger partial charge in [0.15, 0.2) is 11.5 Å². The third kappa shape index (κ3) is 16.8. The predicted molar refractivity (Wildman–Crippen MR) is 190 cm³/mol. The number of primary amides is 1. The maximum Gasteiger partial charge on any atom is 0.294 e. The first-order chi connectivity index (χ1) is 23.5. The lowest BCUT2D eigenvalue weighted by Gasteiger charge is -2.33. The van der Waals surface area contributed by atoms with Gasteiger partial charge in [-0.05, 0) is 81.4 Å². The number of nitrogens with one attached hydrogen (secondary N) is 2. The molecule has 0 radical (unpaired) electrons. The Bertz CT molecular complexity index is 1190. The zero-order valence-electron chi connectivity index (χ0n) is 31.3. The first kappa shape index (κ1) is 44.4. The number of carbonyl (C=O) groups excluding carboxylic acids is 3. The summed E-state index contributed by atoms with van der Waals surface area (Å²) in [6, 6.07) is 5.15. The van der Waals surface area contributed by atoms with Gasteiger partial charge in [-0.25, -0.2) is 0 Å². The van der Waals surface area contributed by atoms with Crippen molar-refractivity contribution < 1.29 is 43.6 Å². The lowest BCUT2D eigenvalue weighted by atomic mass is 9.80. The van der Waals surface area contributed by atoms with E-state index in [4.69, 9.17) is 19.9 Å². The van der Waals surface area contributed by atoms with Crippen LogP contribution >= 0.6 is 0 Å². The molecule has 0 aromatic heterocycles. The summed E-state index contributed by atoms with van der Waals surface area (Å²) >= 11 is 0. The van der Waals surface area contributed by atoms with E-state index in [-0.39, 0.29) is 55.6 Å². The molecule has 0 aliphatic carbocycles. The van der Waals surface area contributed by atoms with Crippen LogP contribution in [0.4, 0.5) is 0 Å². The monoisotopic (exact) mass is 710 g/mol. The maximum atomic E-state index is 13.3. The summed E-state index contributed by atoms with van der Waals surface area (Å²) in [5.74, 6) is -0.356. The Balaban J connectivity index is 3.21. The number of hydrogen-bond donors (Lipinski definition) is 4. The van der Waals surface area contributed by atoms with Crippen molar-refractivity contribution >= 4 is 17.7 Å². The molecule has 0 aliphatic rings. The molecule has 4 unspecified atom stereocenters. The van der Waals surface area contributed by atoms with Crippen LogP contribution < -0.4 is 25.8 Å². The fraction of sp³-hybridized carbons (Fsp3) is 0.750. The van der Waals surface area contributed by atoms with Crippen molar-refractivity contribution in [3.63, 3.8) is 0 Å². The van der Waals surface area contributed by atoms with Gasteiger partial charge in [0.1, 0.15) is 0 Å². The van der Waals surface area contributed by atoms with Crippen LogP contribution in [0.3, 0.4) is 0 Å². The number of methoxy groups -OCH3 is 2. The summed E-state index contributed by atoms with van der Waals surface area (Å²) in [4.78, 5) is 53.1. The third-order valence-corrected chi connectivity index (χ3v) is 9.04. The number of nitrogens with two attached hydrogens (primary N) is 1. The lowest BCUT2D eigenvalue weighted by molar-refractivity contribution is -0.757. The van der Waals surface area contributed by atoms with Crippen molar-refractivity contribution in [3.05, 3.63) is 33.9 Å². The van der Waals surface area contributed by atoms with Gasteiger partial charge in [0.2, 0.25) is 17.7 Å². The molecule has 14 heteroatoms. The minimum Gasteiger partial charge on any atom is -0.493 e. The second-order valence-electron chi connectivity index (χ2n) is 14.3. The molecule has 286 valence electrons. The average molecular weight is 711 g/mol. The minimum atomic E-state index is -1.05. The molecule has 0 saturated carbocycles. The quantitative estimate of drug-likeness (QED) is 0.0582. The lowest BCUT2D eigenvalue weighted by Crippen LogP contribution is -2.48. The highest BCUT2D eigenvalue weighted by atomic mass is 16.9. The van der Waals surface area contributed by atoms with E-state index in [1.165, 1.54) is 0 Å². The zero-order valence-corrected chi connectivity index (χ0v) is 31.3. The summed E-state index contributed by atoms with van der Waals surface area (Å²) in [6.45, 7) is 12.4. The maximum absolute atomic E-state index is 13.3. The van der Waals surface area contributed by atoms with Crippen molar-refractivity contribution in [1.82, 2.24) is 10.6 Å². The number of amides is 3. The third-order valence-electron chi connectivity index (χ3n) is 9.04. The highest BCUT2D eigenvalue weighted by molar-refractivity contribution is 5.83. The number of benzene rings is 1. The van der Waals surface area contributed by atoms with Gasteiger partial charge >= 0.3 is 0 Å². The number of ether oxygens (including phenoxy) is 3. The van der Waals surface area contributed by atoms with E-state index in [2.05, 4.69) is 29.3 Å². The van der Waals surface area contributed by atoms with Gasteiger partial charge in [-0.15, -0.1) is 10.1 Å². The van der Waals surface area contributed by atoms with Crippen LogP contribution in [0, 0.1) is 39.2 Å². The van der Waals surface area contributed by atoms with Crippen molar-refractivity contribution in [2.24, 2.45) is 34.8 Å². The summed E-state index contributed by atoms with van der Waals surface area (Å²) in [7, 11) is 3.23. The van der Waals surface area contributed by atoms with Gasteiger partial charge in [0.05, 0.1) is 37.9 Å². The van der Waals surface area contributed by atoms with E-state index < -0.39 is 34.5 Å². The second-order valence-corrected chi connectivity index (χ2v) is 14.3. The summed E-state index contributed by atoms with van der Waals surface area (Å²) in [5.41, 5.74) is 5.56. The van der Waals surface area contributed by atoms with Crippen LogP contribution in [0.5, 0.6) is 11.5 Å². The Morgan fingerprint density at radius 1 is 0.960 bits per heavy atom. The number of hydrogen-bond acceptors (Lipinski definition) is 10. The fourth-order valence-electron chi connectivity index (χ4n) is 5.49. The van der Waals surface area contributed by atoms with Gasteiger partial charge in [-0.3, -0.25) is 14.4 Å². The molecule has 0 aliphatic heterocycles. The van der Waals surface area contributed by atoms with Crippen LogP contribution in [0.25, 0.3) is 0 Å². The van der Waals surface area contributed by atoms with Crippen molar-refractivity contribution in [2.45, 2.75) is 105 Å². The predicted octanol–water partition coefficient (Wildman–Crippen LogP) is 4.22. The molecule has 4 atom stereocenters. The molecule has 0 spiro atoms. The molecule has 1 rings (SSSR count). The van der Waals surface area contributed by atoms with E-state index in [0.717, 1.165) is 12.0 Å². The molecule has 50 heavy (non-hydrogen) atoms. The van der Waals surface area contributed by atoms with Gasteiger partial charge < -0.3 is 40.5 Å². The Kier molecular flexibility index (Phi) is 20.4. The van der Waals surface area contributed by atoms with Crippen molar-refractivity contribution in [2.75, 3.05) is 40.6 Å². The molecular formula is C36H62N4O10. The molecule has 1 aromatic rings.